The van der Waals surface area contributed by atoms with Crippen LogP contribution in [-0.2, 0) is 0 Å². The van der Waals surface area contributed by atoms with E-state index in [9.17, 15) is 9.18 Å². The Hall–Kier alpha value is -1.86. The zero-order valence-electron chi connectivity index (χ0n) is 12.2. The van der Waals surface area contributed by atoms with Crippen molar-refractivity contribution in [2.24, 2.45) is 11.8 Å². The molecule has 0 bridgehead atoms. The molecule has 2 rings (SSSR count). The maximum absolute atomic E-state index is 13.7. The molecule has 1 aromatic carbocycles. The third kappa shape index (κ3) is 4.30. The van der Waals surface area contributed by atoms with Crippen LogP contribution >= 0.6 is 0 Å². The molecule has 2 unspecified atom stereocenters. The Morgan fingerprint density at radius 2 is 2.29 bits per heavy atom. The molecule has 1 aliphatic rings. The van der Waals surface area contributed by atoms with Crippen LogP contribution in [-0.4, -0.2) is 24.2 Å². The molecule has 0 saturated heterocycles. The molecule has 0 spiro atoms. The van der Waals surface area contributed by atoms with Crippen LogP contribution in [0, 0.1) is 29.5 Å². The third-order valence-corrected chi connectivity index (χ3v) is 3.88. The van der Waals surface area contributed by atoms with Crippen LogP contribution < -0.4 is 5.32 Å². The van der Waals surface area contributed by atoms with E-state index in [4.69, 9.17) is 5.11 Å². The van der Waals surface area contributed by atoms with Crippen molar-refractivity contribution in [1.29, 1.82) is 0 Å². The third-order valence-electron chi connectivity index (χ3n) is 3.88. The van der Waals surface area contributed by atoms with E-state index >= 15 is 0 Å². The summed E-state index contributed by atoms with van der Waals surface area (Å²) < 4.78 is 13.7. The topological polar surface area (TPSA) is 49.3 Å². The molecule has 112 valence electrons. The predicted molar refractivity (Wildman–Crippen MR) is 79.2 cm³/mol. The molecule has 1 saturated carbocycles. The van der Waals surface area contributed by atoms with Crippen molar-refractivity contribution in [3.63, 3.8) is 0 Å². The molecule has 0 aliphatic heterocycles. The molecule has 3 nitrogen and oxygen atoms in total. The van der Waals surface area contributed by atoms with Gasteiger partial charge in [-0.2, -0.15) is 0 Å². The van der Waals surface area contributed by atoms with Crippen LogP contribution in [0.1, 0.15) is 42.1 Å². The summed E-state index contributed by atoms with van der Waals surface area (Å²) in [6, 6.07) is 4.14. The van der Waals surface area contributed by atoms with Gasteiger partial charge in [0, 0.05) is 12.1 Å². The summed E-state index contributed by atoms with van der Waals surface area (Å²) in [6.07, 6.45) is 3.43. The van der Waals surface area contributed by atoms with Gasteiger partial charge in [-0.3, -0.25) is 4.79 Å². The van der Waals surface area contributed by atoms with Crippen LogP contribution in [0.2, 0.25) is 0 Å². The summed E-state index contributed by atoms with van der Waals surface area (Å²) in [5.74, 6) is 5.40. The molecule has 1 amide bonds. The standard InChI is InChI=1S/C17H20FNO2/c1-12-4-5-14(9-12)11-19-17(21)15-10-13(3-2-8-20)6-7-16(15)18/h6-7,10,12,14,20H,4-5,8-9,11H2,1H3,(H,19,21). The molecule has 0 heterocycles. The van der Waals surface area contributed by atoms with Gasteiger partial charge in [0.1, 0.15) is 12.4 Å². The summed E-state index contributed by atoms with van der Waals surface area (Å²) in [5, 5.41) is 11.5. The number of carbonyl (C=O) groups is 1. The van der Waals surface area contributed by atoms with Gasteiger partial charge >= 0.3 is 0 Å². The Labute approximate surface area is 124 Å². The van der Waals surface area contributed by atoms with E-state index in [1.54, 1.807) is 0 Å². The van der Waals surface area contributed by atoms with E-state index in [0.29, 0.717) is 23.9 Å². The van der Waals surface area contributed by atoms with E-state index < -0.39 is 11.7 Å². The van der Waals surface area contributed by atoms with E-state index in [0.717, 1.165) is 12.8 Å². The van der Waals surface area contributed by atoms with Gasteiger partial charge < -0.3 is 10.4 Å². The minimum absolute atomic E-state index is 0.00536. The Morgan fingerprint density at radius 3 is 2.95 bits per heavy atom. The number of rotatable bonds is 3. The summed E-state index contributed by atoms with van der Waals surface area (Å²) in [7, 11) is 0. The highest BCUT2D eigenvalue weighted by atomic mass is 19.1. The Morgan fingerprint density at radius 1 is 1.48 bits per heavy atom. The van der Waals surface area contributed by atoms with Gasteiger partial charge in [-0.25, -0.2) is 4.39 Å². The number of halogens is 1. The van der Waals surface area contributed by atoms with Gasteiger partial charge in [-0.15, -0.1) is 0 Å². The average Bonchev–Trinajstić information content (AvgIpc) is 2.89. The monoisotopic (exact) mass is 289 g/mol. The second-order valence-electron chi connectivity index (χ2n) is 5.65. The predicted octanol–water partition coefficient (Wildman–Crippen LogP) is 2.34. The summed E-state index contributed by atoms with van der Waals surface area (Å²) in [5.41, 5.74) is 0.524. The number of aliphatic hydroxyl groups excluding tert-OH is 1. The smallest absolute Gasteiger partial charge is 0.254 e. The van der Waals surface area contributed by atoms with Crippen LogP contribution in [0.25, 0.3) is 0 Å². The molecule has 0 aromatic heterocycles. The number of nitrogens with one attached hydrogen (secondary N) is 1. The van der Waals surface area contributed by atoms with E-state index in [2.05, 4.69) is 24.1 Å². The molecular weight excluding hydrogens is 269 g/mol. The minimum atomic E-state index is -0.554. The second-order valence-corrected chi connectivity index (χ2v) is 5.65. The normalized spacial score (nSPS) is 20.7. The zero-order chi connectivity index (χ0) is 15.2. The van der Waals surface area contributed by atoms with Gasteiger partial charge in [0.15, 0.2) is 0 Å². The van der Waals surface area contributed by atoms with E-state index in [1.165, 1.54) is 24.6 Å². The molecule has 2 atom stereocenters. The molecule has 0 radical (unpaired) electrons. The van der Waals surface area contributed by atoms with Gasteiger partial charge in [0.2, 0.25) is 0 Å². The maximum Gasteiger partial charge on any atom is 0.254 e. The highest BCUT2D eigenvalue weighted by Crippen LogP contribution is 2.29. The van der Waals surface area contributed by atoms with E-state index in [-0.39, 0.29) is 12.2 Å². The Bertz CT molecular complexity index is 574. The summed E-state index contributed by atoms with van der Waals surface area (Å²) in [4.78, 5) is 12.1. The lowest BCUT2D eigenvalue weighted by molar-refractivity contribution is 0.0943. The quantitative estimate of drug-likeness (QED) is 0.839. The second kappa shape index (κ2) is 7.24. The molecule has 1 aromatic rings. The molecular formula is C17H20FNO2. The summed E-state index contributed by atoms with van der Waals surface area (Å²) in [6.45, 7) is 2.54. The molecule has 1 aliphatic carbocycles. The lowest BCUT2D eigenvalue weighted by atomic mass is 10.1. The molecule has 1 fully saturated rings. The number of amides is 1. The van der Waals surface area contributed by atoms with Crippen molar-refractivity contribution in [3.05, 3.63) is 35.1 Å². The van der Waals surface area contributed by atoms with Crippen LogP contribution in [0.3, 0.4) is 0 Å². The number of benzene rings is 1. The lowest BCUT2D eigenvalue weighted by Gasteiger charge is -2.11. The first-order valence-corrected chi connectivity index (χ1v) is 7.27. The Balaban J connectivity index is 2.01. The maximum atomic E-state index is 13.7. The molecule has 2 N–H and O–H groups in total. The van der Waals surface area contributed by atoms with E-state index in [1.807, 2.05) is 0 Å². The summed E-state index contributed by atoms with van der Waals surface area (Å²) >= 11 is 0. The van der Waals surface area contributed by atoms with Gasteiger partial charge in [0.25, 0.3) is 5.91 Å². The van der Waals surface area contributed by atoms with Crippen LogP contribution in [0.4, 0.5) is 4.39 Å². The minimum Gasteiger partial charge on any atom is -0.384 e. The van der Waals surface area contributed by atoms with Crippen molar-refractivity contribution in [3.8, 4) is 11.8 Å². The van der Waals surface area contributed by atoms with Crippen LogP contribution in [0.5, 0.6) is 0 Å². The van der Waals surface area contributed by atoms with Crippen molar-refractivity contribution in [2.75, 3.05) is 13.2 Å². The highest BCUT2D eigenvalue weighted by Gasteiger charge is 2.22. The lowest BCUT2D eigenvalue weighted by Crippen LogP contribution is -2.29. The van der Waals surface area contributed by atoms with Gasteiger partial charge in [-0.1, -0.05) is 25.2 Å². The van der Waals surface area contributed by atoms with Crippen molar-refractivity contribution in [2.45, 2.75) is 26.2 Å². The van der Waals surface area contributed by atoms with Crippen molar-refractivity contribution in [1.82, 2.24) is 5.32 Å². The first-order chi connectivity index (χ1) is 10.1. The first-order valence-electron chi connectivity index (χ1n) is 7.27. The number of hydrogen-bond donors (Lipinski definition) is 2. The SMILES string of the molecule is CC1CCC(CNC(=O)c2cc(C#CCO)ccc2F)C1. The number of hydrogen-bond acceptors (Lipinski definition) is 2. The number of aliphatic hydroxyl groups is 1. The van der Waals surface area contributed by atoms with Gasteiger partial charge in [0.05, 0.1) is 5.56 Å². The fraction of sp³-hybridized carbons (Fsp3) is 0.471. The first kappa shape index (κ1) is 15.5. The van der Waals surface area contributed by atoms with Crippen molar-refractivity contribution >= 4 is 5.91 Å². The van der Waals surface area contributed by atoms with Gasteiger partial charge in [-0.05, 0) is 42.9 Å². The molecule has 21 heavy (non-hydrogen) atoms. The number of carbonyl (C=O) groups excluding carboxylic acids is 1. The highest BCUT2D eigenvalue weighted by molar-refractivity contribution is 5.94. The Kier molecular flexibility index (Phi) is 5.35. The largest absolute Gasteiger partial charge is 0.384 e. The molecule has 4 heteroatoms. The fourth-order valence-corrected chi connectivity index (χ4v) is 2.76. The van der Waals surface area contributed by atoms with Crippen LogP contribution in [0.15, 0.2) is 18.2 Å². The fourth-order valence-electron chi connectivity index (χ4n) is 2.76. The van der Waals surface area contributed by atoms with Crippen molar-refractivity contribution < 1.29 is 14.3 Å². The zero-order valence-corrected chi connectivity index (χ0v) is 12.2. The average molecular weight is 289 g/mol.